The molecule has 0 aliphatic rings. The summed E-state index contributed by atoms with van der Waals surface area (Å²) in [5, 5.41) is 6.79. The van der Waals surface area contributed by atoms with E-state index < -0.39 is 11.7 Å². The maximum Gasteiger partial charge on any atom is 0.271 e. The summed E-state index contributed by atoms with van der Waals surface area (Å²) in [6.07, 6.45) is 0. The second kappa shape index (κ2) is 9.25. The fraction of sp³-hybridized carbons (Fsp3) is 0.0455. The van der Waals surface area contributed by atoms with Gasteiger partial charge in [-0.15, -0.1) is 0 Å². The van der Waals surface area contributed by atoms with Crippen LogP contribution in [-0.4, -0.2) is 17.5 Å². The molecule has 29 heavy (non-hydrogen) atoms. The molecule has 3 aromatic carbocycles. The zero-order chi connectivity index (χ0) is 20.8. The third kappa shape index (κ3) is 5.36. The molecule has 3 aromatic rings. The molecule has 0 heterocycles. The van der Waals surface area contributed by atoms with Gasteiger partial charge in [-0.1, -0.05) is 46.3 Å². The SMILES string of the molecule is C/C(=N/NC(=O)c1cccc(Br)c1)c1cccc(NC(=O)c2ccccc2F)c1. The van der Waals surface area contributed by atoms with Gasteiger partial charge in [-0.25, -0.2) is 9.82 Å². The molecule has 0 aliphatic carbocycles. The average Bonchev–Trinajstić information content (AvgIpc) is 2.72. The van der Waals surface area contributed by atoms with Gasteiger partial charge in [0.15, 0.2) is 0 Å². The normalized spacial score (nSPS) is 11.1. The minimum absolute atomic E-state index is 0.0374. The first-order chi connectivity index (χ1) is 13.9. The van der Waals surface area contributed by atoms with E-state index in [1.165, 1.54) is 18.2 Å². The van der Waals surface area contributed by atoms with Crippen LogP contribution in [-0.2, 0) is 0 Å². The van der Waals surface area contributed by atoms with Crippen molar-refractivity contribution in [2.45, 2.75) is 6.92 Å². The molecule has 0 saturated heterocycles. The highest BCUT2D eigenvalue weighted by Crippen LogP contribution is 2.15. The number of hydrazone groups is 1. The Bertz CT molecular complexity index is 1100. The summed E-state index contributed by atoms with van der Waals surface area (Å²) in [6.45, 7) is 1.74. The van der Waals surface area contributed by atoms with E-state index in [0.29, 0.717) is 22.5 Å². The van der Waals surface area contributed by atoms with Crippen molar-refractivity contribution >= 4 is 39.1 Å². The van der Waals surface area contributed by atoms with Crippen molar-refractivity contribution in [2.75, 3.05) is 5.32 Å². The lowest BCUT2D eigenvalue weighted by atomic mass is 10.1. The predicted octanol–water partition coefficient (Wildman–Crippen LogP) is 4.99. The van der Waals surface area contributed by atoms with Gasteiger partial charge in [0.2, 0.25) is 0 Å². The molecule has 7 heteroatoms. The molecule has 0 aromatic heterocycles. The lowest BCUT2D eigenvalue weighted by molar-refractivity contribution is 0.0953. The highest BCUT2D eigenvalue weighted by atomic mass is 79.9. The average molecular weight is 454 g/mol. The number of amides is 2. The van der Waals surface area contributed by atoms with Crippen molar-refractivity contribution in [3.63, 3.8) is 0 Å². The van der Waals surface area contributed by atoms with E-state index in [1.807, 2.05) is 6.07 Å². The van der Waals surface area contributed by atoms with Gasteiger partial charge in [-0.3, -0.25) is 9.59 Å². The van der Waals surface area contributed by atoms with Crippen molar-refractivity contribution < 1.29 is 14.0 Å². The molecule has 2 amide bonds. The Balaban J connectivity index is 1.71. The van der Waals surface area contributed by atoms with Gasteiger partial charge >= 0.3 is 0 Å². The van der Waals surface area contributed by atoms with Gasteiger partial charge in [-0.05, 0) is 55.0 Å². The van der Waals surface area contributed by atoms with Crippen LogP contribution in [0.15, 0.2) is 82.4 Å². The number of benzene rings is 3. The number of halogens is 2. The Labute approximate surface area is 175 Å². The van der Waals surface area contributed by atoms with Crippen LogP contribution < -0.4 is 10.7 Å². The highest BCUT2D eigenvalue weighted by Gasteiger charge is 2.11. The van der Waals surface area contributed by atoms with Gasteiger partial charge in [0.25, 0.3) is 11.8 Å². The van der Waals surface area contributed by atoms with Gasteiger partial charge in [-0.2, -0.15) is 5.10 Å². The van der Waals surface area contributed by atoms with Crippen LogP contribution in [0, 0.1) is 5.82 Å². The minimum Gasteiger partial charge on any atom is -0.322 e. The van der Waals surface area contributed by atoms with Crippen molar-refractivity contribution in [3.05, 3.63) is 99.8 Å². The molecule has 0 unspecified atom stereocenters. The first-order valence-electron chi connectivity index (χ1n) is 8.70. The minimum atomic E-state index is -0.589. The zero-order valence-corrected chi connectivity index (χ0v) is 17.0. The van der Waals surface area contributed by atoms with E-state index in [0.717, 1.165) is 4.47 Å². The summed E-state index contributed by atoms with van der Waals surface area (Å²) in [5.41, 5.74) is 4.69. The molecule has 0 spiro atoms. The summed E-state index contributed by atoms with van der Waals surface area (Å²) in [7, 11) is 0. The number of nitrogens with zero attached hydrogens (tertiary/aromatic N) is 1. The van der Waals surface area contributed by atoms with Gasteiger partial charge in [0.1, 0.15) is 5.82 Å². The molecule has 0 atom stereocenters. The molecule has 0 bridgehead atoms. The van der Waals surface area contributed by atoms with Gasteiger partial charge in [0, 0.05) is 15.7 Å². The van der Waals surface area contributed by atoms with E-state index >= 15 is 0 Å². The maximum atomic E-state index is 13.8. The van der Waals surface area contributed by atoms with E-state index in [9.17, 15) is 14.0 Å². The Morgan fingerprint density at radius 3 is 2.38 bits per heavy atom. The van der Waals surface area contributed by atoms with Crippen LogP contribution in [0.3, 0.4) is 0 Å². The second-order valence-corrected chi connectivity index (χ2v) is 7.08. The molecule has 5 nitrogen and oxygen atoms in total. The topological polar surface area (TPSA) is 70.6 Å². The van der Waals surface area contributed by atoms with Crippen molar-refractivity contribution in [1.82, 2.24) is 5.43 Å². The number of rotatable bonds is 5. The molecule has 3 rings (SSSR count). The molecule has 0 aliphatic heterocycles. The molecule has 2 N–H and O–H groups in total. The van der Waals surface area contributed by atoms with E-state index in [-0.39, 0.29) is 11.5 Å². The molecule has 0 radical (unpaired) electrons. The first-order valence-corrected chi connectivity index (χ1v) is 9.50. The molecular weight excluding hydrogens is 437 g/mol. The third-order valence-corrected chi connectivity index (χ3v) is 4.56. The smallest absolute Gasteiger partial charge is 0.271 e. The maximum absolute atomic E-state index is 13.8. The largest absolute Gasteiger partial charge is 0.322 e. The quantitative estimate of drug-likeness (QED) is 0.421. The summed E-state index contributed by atoms with van der Waals surface area (Å²) in [6, 6.07) is 19.7. The third-order valence-electron chi connectivity index (χ3n) is 4.07. The Morgan fingerprint density at radius 2 is 1.62 bits per heavy atom. The highest BCUT2D eigenvalue weighted by molar-refractivity contribution is 9.10. The Hall–Kier alpha value is -3.32. The lowest BCUT2D eigenvalue weighted by Gasteiger charge is -2.08. The first kappa shape index (κ1) is 20.4. The lowest BCUT2D eigenvalue weighted by Crippen LogP contribution is -2.19. The summed E-state index contributed by atoms with van der Waals surface area (Å²) in [4.78, 5) is 24.5. The molecule has 0 fully saturated rings. The number of nitrogens with one attached hydrogen (secondary N) is 2. The number of carbonyl (C=O) groups excluding carboxylic acids is 2. The Morgan fingerprint density at radius 1 is 0.897 bits per heavy atom. The van der Waals surface area contributed by atoms with Crippen molar-refractivity contribution in [3.8, 4) is 0 Å². The summed E-state index contributed by atoms with van der Waals surface area (Å²) in [5.74, 6) is -1.47. The monoisotopic (exact) mass is 453 g/mol. The molecule has 0 saturated carbocycles. The second-order valence-electron chi connectivity index (χ2n) is 6.16. The Kier molecular flexibility index (Phi) is 6.51. The van der Waals surface area contributed by atoms with Crippen LogP contribution in [0.2, 0.25) is 0 Å². The number of hydrogen-bond acceptors (Lipinski definition) is 3. The summed E-state index contributed by atoms with van der Waals surface area (Å²) >= 11 is 3.32. The van der Waals surface area contributed by atoms with Crippen LogP contribution >= 0.6 is 15.9 Å². The van der Waals surface area contributed by atoms with Crippen molar-refractivity contribution in [2.24, 2.45) is 5.10 Å². The van der Waals surface area contributed by atoms with Gasteiger partial charge in [0.05, 0.1) is 11.3 Å². The molecule has 146 valence electrons. The van der Waals surface area contributed by atoms with Crippen LogP contribution in [0.4, 0.5) is 10.1 Å². The fourth-order valence-electron chi connectivity index (χ4n) is 2.56. The van der Waals surface area contributed by atoms with E-state index in [1.54, 1.807) is 55.5 Å². The zero-order valence-electron chi connectivity index (χ0n) is 15.4. The van der Waals surface area contributed by atoms with Crippen LogP contribution in [0.25, 0.3) is 0 Å². The van der Waals surface area contributed by atoms with Gasteiger partial charge < -0.3 is 5.32 Å². The van der Waals surface area contributed by atoms with E-state index in [4.69, 9.17) is 0 Å². The summed E-state index contributed by atoms with van der Waals surface area (Å²) < 4.78 is 14.6. The number of hydrogen-bond donors (Lipinski definition) is 2. The number of anilines is 1. The van der Waals surface area contributed by atoms with Crippen molar-refractivity contribution in [1.29, 1.82) is 0 Å². The molecular formula is C22H17BrFN3O2. The van der Waals surface area contributed by atoms with E-state index in [2.05, 4.69) is 31.8 Å². The standard InChI is InChI=1S/C22H17BrFN3O2/c1-14(26-27-21(28)16-7-4-8-17(23)12-16)15-6-5-9-18(13-15)25-22(29)19-10-2-3-11-20(19)24/h2-13H,1H3,(H,25,29)(H,27,28)/b26-14-. The fourth-order valence-corrected chi connectivity index (χ4v) is 2.96. The van der Waals surface area contributed by atoms with Crippen LogP contribution in [0.5, 0.6) is 0 Å². The predicted molar refractivity (Wildman–Crippen MR) is 115 cm³/mol. The van der Waals surface area contributed by atoms with Crippen LogP contribution in [0.1, 0.15) is 33.2 Å². The number of carbonyl (C=O) groups is 2.